The Kier molecular flexibility index (Phi) is 9.75. The van der Waals surface area contributed by atoms with Gasteiger partial charge in [0.05, 0.1) is 17.8 Å². The first kappa shape index (κ1) is 30.8. The fourth-order valence-electron chi connectivity index (χ4n) is 3.54. The van der Waals surface area contributed by atoms with Crippen molar-refractivity contribution in [3.8, 4) is 5.75 Å². The highest BCUT2D eigenvalue weighted by molar-refractivity contribution is 8.26. The number of hydrogen-bond acceptors (Lipinski definition) is 8. The van der Waals surface area contributed by atoms with Crippen molar-refractivity contribution in [2.75, 3.05) is 45.1 Å². The second kappa shape index (κ2) is 12.6. The summed E-state index contributed by atoms with van der Waals surface area (Å²) in [6, 6.07) is 3.32. The van der Waals surface area contributed by atoms with Crippen molar-refractivity contribution in [1.82, 2.24) is 14.8 Å². The van der Waals surface area contributed by atoms with Gasteiger partial charge in [0.25, 0.3) is 5.91 Å². The lowest BCUT2D eigenvalue weighted by Gasteiger charge is -2.31. The highest BCUT2D eigenvalue weighted by Crippen LogP contribution is 2.34. The molecule has 0 atom stereocenters. The van der Waals surface area contributed by atoms with Crippen molar-refractivity contribution in [2.45, 2.75) is 12.5 Å². The van der Waals surface area contributed by atoms with E-state index in [4.69, 9.17) is 11.1 Å². The molecular formula is C23H23F6N7O3S. The van der Waals surface area contributed by atoms with Gasteiger partial charge in [-0.15, -0.1) is 13.2 Å². The molecule has 1 aromatic carbocycles. The number of carbonyl (C=O) groups is 2. The molecule has 2 amide bonds. The number of alkyl halides is 6. The van der Waals surface area contributed by atoms with Gasteiger partial charge in [-0.3, -0.25) is 24.9 Å². The van der Waals surface area contributed by atoms with Crippen LogP contribution in [0.25, 0.3) is 0 Å². The number of pyridine rings is 1. The third-order valence-electron chi connectivity index (χ3n) is 5.48. The molecule has 0 radical (unpaired) electrons. The molecule has 17 heteroatoms. The number of rotatable bonds is 6. The number of carbonyl (C=O) groups excluding carboxylic acids is 2. The zero-order valence-electron chi connectivity index (χ0n) is 20.8. The Morgan fingerprint density at radius 1 is 1.15 bits per heavy atom. The molecule has 216 valence electrons. The Morgan fingerprint density at radius 3 is 2.45 bits per heavy atom. The van der Waals surface area contributed by atoms with Crippen LogP contribution in [0, 0.1) is 5.41 Å². The van der Waals surface area contributed by atoms with Crippen LogP contribution >= 0.6 is 11.8 Å². The number of benzene rings is 1. The molecule has 0 bridgehead atoms. The molecule has 0 spiro atoms. The van der Waals surface area contributed by atoms with Crippen LogP contribution in [-0.2, 0) is 11.0 Å². The van der Waals surface area contributed by atoms with E-state index < -0.39 is 57.1 Å². The Bertz CT molecular complexity index is 1290. The zero-order valence-corrected chi connectivity index (χ0v) is 21.6. The summed E-state index contributed by atoms with van der Waals surface area (Å²) in [7, 11) is 1.91. The van der Waals surface area contributed by atoms with E-state index in [1.807, 2.05) is 7.05 Å². The lowest BCUT2D eigenvalue weighted by Crippen LogP contribution is -2.47. The minimum atomic E-state index is -5.09. The summed E-state index contributed by atoms with van der Waals surface area (Å²) >= 11 is 0.249. The summed E-state index contributed by atoms with van der Waals surface area (Å²) in [5.74, 6) is -2.52. The van der Waals surface area contributed by atoms with Gasteiger partial charge in [-0.05, 0) is 43.1 Å². The molecular weight excluding hydrogens is 568 g/mol. The molecule has 0 saturated carbocycles. The lowest BCUT2D eigenvalue weighted by molar-refractivity contribution is -0.274. The molecule has 40 heavy (non-hydrogen) atoms. The standard InChI is InChI=1S/C23H23F6N7O3S/c1-35-6-8-36(9-7-35)12-18(37)33-16-10-13(2-3-17(16)39-23(27,28)29)20(38)34-21(31)40-19(30)14-11-32-5-4-15(14)22(24,25)26/h2-5,10-11,30H,6-9,12H2,1H3,(H,33,37)(H2,31,34,38). The number of nitrogens with zero attached hydrogens (tertiary/aromatic N) is 4. The van der Waals surface area contributed by atoms with Crippen LogP contribution in [0.2, 0.25) is 0 Å². The number of halogens is 6. The average Bonchev–Trinajstić information content (AvgIpc) is 2.85. The number of amidine groups is 1. The number of nitrogens with one attached hydrogen (secondary N) is 2. The van der Waals surface area contributed by atoms with Gasteiger partial charge in [-0.25, -0.2) is 0 Å². The lowest BCUT2D eigenvalue weighted by atomic mass is 10.1. The molecule has 4 N–H and O–H groups in total. The van der Waals surface area contributed by atoms with Crippen molar-refractivity contribution >= 4 is 39.5 Å². The van der Waals surface area contributed by atoms with Gasteiger partial charge in [0.15, 0.2) is 10.9 Å². The van der Waals surface area contributed by atoms with Crippen LogP contribution in [0.3, 0.4) is 0 Å². The van der Waals surface area contributed by atoms with Gasteiger partial charge >= 0.3 is 12.5 Å². The second-order valence-corrected chi connectivity index (χ2v) is 9.52. The molecule has 3 rings (SSSR count). The highest BCUT2D eigenvalue weighted by atomic mass is 32.2. The zero-order chi connectivity index (χ0) is 29.7. The number of nitrogens with two attached hydrogens (primary N) is 1. The number of thioether (sulfide) groups is 1. The third kappa shape index (κ3) is 8.92. The van der Waals surface area contributed by atoms with E-state index in [-0.39, 0.29) is 23.9 Å². The van der Waals surface area contributed by atoms with Crippen molar-refractivity contribution in [1.29, 1.82) is 5.41 Å². The predicted molar refractivity (Wildman–Crippen MR) is 135 cm³/mol. The molecule has 2 heterocycles. The smallest absolute Gasteiger partial charge is 0.404 e. The number of likely N-dealkylation sites (N-methyl/N-ethyl adjacent to an activating group) is 1. The molecule has 0 aliphatic carbocycles. The number of anilines is 1. The highest BCUT2D eigenvalue weighted by Gasteiger charge is 2.35. The number of hydrogen-bond donors (Lipinski definition) is 3. The van der Waals surface area contributed by atoms with Gasteiger partial charge in [0, 0.05) is 49.7 Å². The molecule has 2 aromatic rings. The van der Waals surface area contributed by atoms with Crippen molar-refractivity contribution in [2.24, 2.45) is 10.7 Å². The fourth-order valence-corrected chi connectivity index (χ4v) is 4.15. The number of amides is 2. The summed E-state index contributed by atoms with van der Waals surface area (Å²) in [6.45, 7) is 2.42. The van der Waals surface area contributed by atoms with E-state index in [1.54, 1.807) is 4.90 Å². The first-order valence-electron chi connectivity index (χ1n) is 11.4. The topological polar surface area (TPSA) is 137 Å². The third-order valence-corrected chi connectivity index (χ3v) is 6.20. The maximum absolute atomic E-state index is 13.2. The minimum Gasteiger partial charge on any atom is -0.404 e. The predicted octanol–water partition coefficient (Wildman–Crippen LogP) is 3.40. The van der Waals surface area contributed by atoms with E-state index >= 15 is 0 Å². The Morgan fingerprint density at radius 2 is 1.82 bits per heavy atom. The number of piperazine rings is 1. The van der Waals surface area contributed by atoms with Crippen LogP contribution < -0.4 is 15.8 Å². The van der Waals surface area contributed by atoms with Gasteiger partial charge in [-0.1, -0.05) is 0 Å². The van der Waals surface area contributed by atoms with Crippen LogP contribution in [0.1, 0.15) is 21.5 Å². The molecule has 10 nitrogen and oxygen atoms in total. The Balaban J connectivity index is 1.78. The largest absolute Gasteiger partial charge is 0.573 e. The maximum Gasteiger partial charge on any atom is 0.573 e. The average molecular weight is 592 g/mol. The molecule has 1 aromatic heterocycles. The molecule has 0 unspecified atom stereocenters. The molecule has 1 fully saturated rings. The van der Waals surface area contributed by atoms with Gasteiger partial charge in [-0.2, -0.15) is 18.2 Å². The monoisotopic (exact) mass is 591 g/mol. The maximum atomic E-state index is 13.2. The normalized spacial score (nSPS) is 15.5. The van der Waals surface area contributed by atoms with Crippen LogP contribution in [0.5, 0.6) is 5.75 Å². The summed E-state index contributed by atoms with van der Waals surface area (Å²) in [6.07, 6.45) is -8.16. The first-order valence-corrected chi connectivity index (χ1v) is 12.2. The van der Waals surface area contributed by atoms with Crippen LogP contribution in [0.15, 0.2) is 41.7 Å². The quantitative estimate of drug-likeness (QED) is 0.264. The SMILES string of the molecule is CN1CCN(CC(=O)Nc2cc(C(=O)N=C(N)SC(=N)c3cnccc3C(F)(F)F)ccc2OC(F)(F)F)CC1. The van der Waals surface area contributed by atoms with Crippen LogP contribution in [0.4, 0.5) is 32.0 Å². The number of aromatic nitrogens is 1. The van der Waals surface area contributed by atoms with Crippen molar-refractivity contribution < 1.29 is 40.7 Å². The summed E-state index contributed by atoms with van der Waals surface area (Å²) < 4.78 is 82.4. The van der Waals surface area contributed by atoms with E-state index in [2.05, 4.69) is 24.9 Å². The number of aliphatic imine (C=N–C) groups is 1. The Labute approximate surface area is 228 Å². The fraction of sp³-hybridized carbons (Fsp3) is 0.348. The number of ether oxygens (including phenoxy) is 1. The molecule has 1 aliphatic heterocycles. The van der Waals surface area contributed by atoms with E-state index in [0.29, 0.717) is 32.2 Å². The van der Waals surface area contributed by atoms with E-state index in [0.717, 1.165) is 30.6 Å². The van der Waals surface area contributed by atoms with Gasteiger partial charge < -0.3 is 20.7 Å². The van der Waals surface area contributed by atoms with E-state index in [1.165, 1.54) is 0 Å². The first-order chi connectivity index (χ1) is 18.6. The van der Waals surface area contributed by atoms with E-state index in [9.17, 15) is 35.9 Å². The minimum absolute atomic E-state index is 0.115. The van der Waals surface area contributed by atoms with Crippen molar-refractivity contribution in [3.05, 3.63) is 53.3 Å². The molecule has 1 aliphatic rings. The molecule has 1 saturated heterocycles. The summed E-state index contributed by atoms with van der Waals surface area (Å²) in [4.78, 5) is 36.1. The second-order valence-electron chi connectivity index (χ2n) is 8.49. The van der Waals surface area contributed by atoms with Crippen molar-refractivity contribution in [3.63, 3.8) is 0 Å². The van der Waals surface area contributed by atoms with Gasteiger partial charge in [0.2, 0.25) is 5.91 Å². The summed E-state index contributed by atoms with van der Waals surface area (Å²) in [5, 5.41) is 8.95. The summed E-state index contributed by atoms with van der Waals surface area (Å²) in [5.41, 5.74) is 3.15. The van der Waals surface area contributed by atoms with Crippen LogP contribution in [-0.4, -0.2) is 82.9 Å². The Hall–Kier alpha value is -3.70. The van der Waals surface area contributed by atoms with Gasteiger partial charge in [0.1, 0.15) is 5.04 Å².